The molecule has 0 aliphatic heterocycles. The molecule has 0 unspecified atom stereocenters. The van der Waals surface area contributed by atoms with E-state index < -0.39 is 22.3 Å². The molecule has 154 valence electrons. The summed E-state index contributed by atoms with van der Waals surface area (Å²) in [7, 11) is 0. The van der Waals surface area contributed by atoms with Crippen LogP contribution in [0, 0.1) is 15.9 Å². The topological polar surface area (TPSA) is 85.1 Å². The van der Waals surface area contributed by atoms with E-state index in [1.165, 1.54) is 6.07 Å². The lowest BCUT2D eigenvalue weighted by atomic mass is 10.0. The molecule has 1 N–H and O–H groups in total. The Morgan fingerprint density at radius 2 is 1.81 bits per heavy atom. The van der Waals surface area contributed by atoms with Gasteiger partial charge in [0.25, 0.3) is 5.91 Å². The third-order valence-corrected chi connectivity index (χ3v) is 5.12. The van der Waals surface area contributed by atoms with E-state index in [1.807, 2.05) is 0 Å². The average molecular weight is 456 g/mol. The van der Waals surface area contributed by atoms with Crippen molar-refractivity contribution in [2.24, 2.45) is 0 Å². The summed E-state index contributed by atoms with van der Waals surface area (Å²) in [6, 6.07) is 16.7. The molecule has 31 heavy (non-hydrogen) atoms. The number of fused-ring (bicyclic) bond motifs is 1. The number of nitro groups is 1. The zero-order valence-electron chi connectivity index (χ0n) is 15.6. The number of nitro benzene ring substituents is 1. The van der Waals surface area contributed by atoms with Crippen molar-refractivity contribution < 1.29 is 14.1 Å². The van der Waals surface area contributed by atoms with Crippen LogP contribution in [0.1, 0.15) is 10.4 Å². The first-order chi connectivity index (χ1) is 14.8. The van der Waals surface area contributed by atoms with Gasteiger partial charge in [0, 0.05) is 27.7 Å². The molecule has 0 spiro atoms. The van der Waals surface area contributed by atoms with Gasteiger partial charge in [0.1, 0.15) is 0 Å². The molecule has 3 aromatic carbocycles. The number of aromatic nitrogens is 1. The van der Waals surface area contributed by atoms with Crippen LogP contribution in [0.15, 0.2) is 66.7 Å². The molecule has 0 saturated heterocycles. The van der Waals surface area contributed by atoms with E-state index in [9.17, 15) is 19.3 Å². The number of nitrogens with zero attached hydrogens (tertiary/aromatic N) is 2. The molecule has 0 radical (unpaired) electrons. The Balaban J connectivity index is 1.80. The Morgan fingerprint density at radius 1 is 1.03 bits per heavy atom. The first-order valence-electron chi connectivity index (χ1n) is 8.94. The number of hydrogen-bond acceptors (Lipinski definition) is 4. The van der Waals surface area contributed by atoms with Crippen molar-refractivity contribution in [2.45, 2.75) is 0 Å². The summed E-state index contributed by atoms with van der Waals surface area (Å²) in [5.41, 5.74) is 1.23. The lowest BCUT2D eigenvalue weighted by molar-refractivity contribution is -0.387. The summed E-state index contributed by atoms with van der Waals surface area (Å²) in [5, 5.41) is 15.0. The molecule has 1 aromatic heterocycles. The maximum atomic E-state index is 13.6. The van der Waals surface area contributed by atoms with Crippen molar-refractivity contribution in [1.29, 1.82) is 0 Å². The number of hydrogen-bond donors (Lipinski definition) is 1. The average Bonchev–Trinajstić information content (AvgIpc) is 2.74. The van der Waals surface area contributed by atoms with Crippen LogP contribution in [-0.4, -0.2) is 15.8 Å². The number of nitrogens with one attached hydrogen (secondary N) is 1. The first kappa shape index (κ1) is 20.7. The Bertz CT molecular complexity index is 1360. The molecular weight excluding hydrogens is 444 g/mol. The van der Waals surface area contributed by atoms with E-state index in [0.29, 0.717) is 32.2 Å². The van der Waals surface area contributed by atoms with Gasteiger partial charge in [-0.25, -0.2) is 4.98 Å². The van der Waals surface area contributed by atoms with E-state index in [0.717, 1.165) is 12.1 Å². The van der Waals surface area contributed by atoms with Gasteiger partial charge < -0.3 is 5.32 Å². The summed E-state index contributed by atoms with van der Waals surface area (Å²) in [5.74, 6) is -1.53. The van der Waals surface area contributed by atoms with Gasteiger partial charge >= 0.3 is 5.69 Å². The van der Waals surface area contributed by atoms with Crippen LogP contribution >= 0.6 is 23.2 Å². The van der Waals surface area contributed by atoms with Crippen molar-refractivity contribution in [3.63, 3.8) is 0 Å². The molecule has 1 amide bonds. The van der Waals surface area contributed by atoms with Crippen LogP contribution in [0.25, 0.3) is 22.2 Å². The van der Waals surface area contributed by atoms with Crippen molar-refractivity contribution in [3.05, 3.63) is 98.3 Å². The minimum Gasteiger partial charge on any atom is -0.322 e. The summed E-state index contributed by atoms with van der Waals surface area (Å²) in [6.45, 7) is 0. The van der Waals surface area contributed by atoms with Gasteiger partial charge in [-0.1, -0.05) is 41.4 Å². The molecule has 4 aromatic rings. The SMILES string of the molecule is O=C(Nc1ccc(F)c([N+](=O)[O-])c1)c1cc(-c2ccc(Cl)cc2Cl)nc2ccccc12. The van der Waals surface area contributed by atoms with Gasteiger partial charge in [-0.05, 0) is 42.5 Å². The number of benzene rings is 3. The Hall–Kier alpha value is -3.55. The largest absolute Gasteiger partial charge is 0.322 e. The number of amides is 1. The molecular formula is C22H12Cl2FN3O3. The standard InChI is InChI=1S/C22H12Cl2FN3O3/c23-12-5-7-15(17(24)9-12)20-11-16(14-3-1-2-4-19(14)27-20)22(29)26-13-6-8-18(25)21(10-13)28(30)31/h1-11H,(H,26,29). The normalized spacial score (nSPS) is 10.8. The number of carbonyl (C=O) groups excluding carboxylic acids is 1. The highest BCUT2D eigenvalue weighted by Gasteiger charge is 2.18. The Kier molecular flexibility index (Phi) is 5.54. The van der Waals surface area contributed by atoms with Gasteiger partial charge in [0.05, 0.1) is 26.7 Å². The van der Waals surface area contributed by atoms with Crippen LogP contribution in [0.2, 0.25) is 10.0 Å². The molecule has 1 heterocycles. The number of halogens is 3. The fourth-order valence-electron chi connectivity index (χ4n) is 3.13. The predicted octanol–water partition coefficient (Wildman–Crippen LogP) is 6.51. The molecule has 0 fully saturated rings. The third-order valence-electron chi connectivity index (χ3n) is 4.57. The highest BCUT2D eigenvalue weighted by atomic mass is 35.5. The number of pyridine rings is 1. The second kappa shape index (κ2) is 8.29. The van der Waals surface area contributed by atoms with Gasteiger partial charge in [-0.15, -0.1) is 0 Å². The Morgan fingerprint density at radius 3 is 2.55 bits per heavy atom. The maximum Gasteiger partial charge on any atom is 0.306 e. The van der Waals surface area contributed by atoms with Gasteiger partial charge in [-0.2, -0.15) is 4.39 Å². The molecule has 0 aliphatic rings. The summed E-state index contributed by atoms with van der Waals surface area (Å²) < 4.78 is 13.6. The maximum absolute atomic E-state index is 13.6. The molecule has 0 atom stereocenters. The fraction of sp³-hybridized carbons (Fsp3) is 0. The summed E-state index contributed by atoms with van der Waals surface area (Å²) in [4.78, 5) is 27.8. The predicted molar refractivity (Wildman–Crippen MR) is 118 cm³/mol. The summed E-state index contributed by atoms with van der Waals surface area (Å²) in [6.07, 6.45) is 0. The van der Waals surface area contributed by atoms with Crippen LogP contribution in [0.4, 0.5) is 15.8 Å². The van der Waals surface area contributed by atoms with Crippen LogP contribution in [0.5, 0.6) is 0 Å². The molecule has 9 heteroatoms. The molecule has 6 nitrogen and oxygen atoms in total. The van der Waals surface area contributed by atoms with Crippen LogP contribution in [-0.2, 0) is 0 Å². The van der Waals surface area contributed by atoms with E-state index >= 15 is 0 Å². The zero-order valence-corrected chi connectivity index (χ0v) is 17.1. The number of anilines is 1. The number of carbonyl (C=O) groups is 1. The molecule has 0 saturated carbocycles. The van der Waals surface area contributed by atoms with Gasteiger partial charge in [0.2, 0.25) is 5.82 Å². The molecule has 0 aliphatic carbocycles. The Labute approximate surface area is 185 Å². The second-order valence-corrected chi connectivity index (χ2v) is 7.42. The highest BCUT2D eigenvalue weighted by molar-refractivity contribution is 6.36. The van der Waals surface area contributed by atoms with Crippen molar-refractivity contribution in [2.75, 3.05) is 5.32 Å². The van der Waals surface area contributed by atoms with Gasteiger partial charge in [-0.3, -0.25) is 14.9 Å². The fourth-order valence-corrected chi connectivity index (χ4v) is 3.63. The number of para-hydroxylation sites is 1. The van der Waals surface area contributed by atoms with Crippen molar-refractivity contribution in [1.82, 2.24) is 4.98 Å². The quantitative estimate of drug-likeness (QED) is 0.280. The highest BCUT2D eigenvalue weighted by Crippen LogP contribution is 2.32. The second-order valence-electron chi connectivity index (χ2n) is 6.57. The molecule has 0 bridgehead atoms. The van der Waals surface area contributed by atoms with Gasteiger partial charge in [0.15, 0.2) is 0 Å². The van der Waals surface area contributed by atoms with E-state index in [1.54, 1.807) is 48.5 Å². The van der Waals surface area contributed by atoms with Crippen molar-refractivity contribution >= 4 is 51.4 Å². The summed E-state index contributed by atoms with van der Waals surface area (Å²) >= 11 is 12.3. The van der Waals surface area contributed by atoms with Crippen molar-refractivity contribution in [3.8, 4) is 11.3 Å². The minimum absolute atomic E-state index is 0.0880. The molecule has 4 rings (SSSR count). The smallest absolute Gasteiger partial charge is 0.306 e. The number of rotatable bonds is 4. The van der Waals surface area contributed by atoms with E-state index in [-0.39, 0.29) is 11.3 Å². The first-order valence-corrected chi connectivity index (χ1v) is 9.69. The zero-order chi connectivity index (χ0) is 22.1. The monoisotopic (exact) mass is 455 g/mol. The lowest BCUT2D eigenvalue weighted by Gasteiger charge is -2.12. The minimum atomic E-state index is -0.989. The van der Waals surface area contributed by atoms with Crippen LogP contribution in [0.3, 0.4) is 0 Å². The van der Waals surface area contributed by atoms with E-state index in [2.05, 4.69) is 10.3 Å². The lowest BCUT2D eigenvalue weighted by Crippen LogP contribution is -2.13. The van der Waals surface area contributed by atoms with E-state index in [4.69, 9.17) is 23.2 Å². The third kappa shape index (κ3) is 4.19. The van der Waals surface area contributed by atoms with Crippen LogP contribution < -0.4 is 5.32 Å².